The third-order valence-corrected chi connectivity index (χ3v) is 2.35. The molecule has 0 N–H and O–H groups in total. The average Bonchev–Trinajstić information content (AvgIpc) is 2.22. The molecule has 0 amide bonds. The highest BCUT2D eigenvalue weighted by atomic mass is 35.5. The summed E-state index contributed by atoms with van der Waals surface area (Å²) in [5.41, 5.74) is 0. The Bertz CT molecular complexity index is 379. The summed E-state index contributed by atoms with van der Waals surface area (Å²) in [5.74, 6) is -0.0138. The van der Waals surface area contributed by atoms with Gasteiger partial charge in [0.2, 0.25) is 0 Å². The third kappa shape index (κ3) is 3.58. The maximum atomic E-state index is 11.3. The molecule has 0 radical (unpaired) electrons. The summed E-state index contributed by atoms with van der Waals surface area (Å²) in [4.78, 5) is 11.3. The van der Waals surface area contributed by atoms with Gasteiger partial charge in [0.25, 0.3) is 0 Å². The first kappa shape index (κ1) is 13.1. The van der Waals surface area contributed by atoms with Crippen LogP contribution >= 0.6 is 23.2 Å². The van der Waals surface area contributed by atoms with Crippen molar-refractivity contribution in [2.24, 2.45) is 0 Å². The number of carbonyl (C=O) groups is 1. The van der Waals surface area contributed by atoms with E-state index < -0.39 is 12.1 Å². The van der Waals surface area contributed by atoms with Crippen LogP contribution in [0.4, 0.5) is 0 Å². The second-order valence-corrected chi connectivity index (χ2v) is 3.93. The largest absolute Gasteiger partial charge is 0.477 e. The molecule has 5 heteroatoms. The summed E-state index contributed by atoms with van der Waals surface area (Å²) in [7, 11) is 0. The first-order valence-electron chi connectivity index (χ1n) is 4.83. The lowest BCUT2D eigenvalue weighted by atomic mass is 10.3. The Kier molecular flexibility index (Phi) is 4.90. The molecule has 0 aromatic heterocycles. The van der Waals surface area contributed by atoms with E-state index in [9.17, 15) is 4.79 Å². The molecule has 16 heavy (non-hydrogen) atoms. The highest BCUT2D eigenvalue weighted by Gasteiger charge is 2.16. The Morgan fingerprint density at radius 3 is 2.69 bits per heavy atom. The highest BCUT2D eigenvalue weighted by molar-refractivity contribution is 6.35. The summed E-state index contributed by atoms with van der Waals surface area (Å²) >= 11 is 11.6. The van der Waals surface area contributed by atoms with Gasteiger partial charge in [0, 0.05) is 5.02 Å². The molecule has 0 saturated heterocycles. The molecule has 1 rings (SSSR count). The predicted molar refractivity (Wildman–Crippen MR) is 63.2 cm³/mol. The number of esters is 1. The SMILES string of the molecule is CCOC(=O)[C@H](C)Oc1ccc(Cl)cc1Cl. The molecule has 0 aliphatic carbocycles. The topological polar surface area (TPSA) is 35.5 Å². The van der Waals surface area contributed by atoms with Crippen LogP contribution in [0.3, 0.4) is 0 Å². The van der Waals surface area contributed by atoms with Crippen LogP contribution in [-0.4, -0.2) is 18.7 Å². The highest BCUT2D eigenvalue weighted by Crippen LogP contribution is 2.28. The van der Waals surface area contributed by atoms with Crippen molar-refractivity contribution in [3.05, 3.63) is 28.2 Å². The monoisotopic (exact) mass is 262 g/mol. The van der Waals surface area contributed by atoms with Crippen LogP contribution in [0, 0.1) is 0 Å². The van der Waals surface area contributed by atoms with Crippen molar-refractivity contribution in [1.82, 2.24) is 0 Å². The van der Waals surface area contributed by atoms with Crippen molar-refractivity contribution in [3.63, 3.8) is 0 Å². The summed E-state index contributed by atoms with van der Waals surface area (Å²) in [6.07, 6.45) is -0.696. The quantitative estimate of drug-likeness (QED) is 0.781. The molecule has 0 spiro atoms. The second kappa shape index (κ2) is 5.97. The molecule has 88 valence electrons. The van der Waals surface area contributed by atoms with Gasteiger partial charge in [-0.25, -0.2) is 4.79 Å². The predicted octanol–water partition coefficient (Wildman–Crippen LogP) is 3.32. The number of benzene rings is 1. The number of ether oxygens (including phenoxy) is 2. The van der Waals surface area contributed by atoms with Crippen LogP contribution in [0.2, 0.25) is 10.0 Å². The zero-order valence-corrected chi connectivity index (χ0v) is 10.5. The average molecular weight is 263 g/mol. The molecule has 1 aromatic rings. The van der Waals surface area contributed by atoms with Gasteiger partial charge in [-0.15, -0.1) is 0 Å². The Balaban J connectivity index is 2.69. The van der Waals surface area contributed by atoms with E-state index in [4.69, 9.17) is 32.7 Å². The van der Waals surface area contributed by atoms with Gasteiger partial charge < -0.3 is 9.47 Å². The van der Waals surface area contributed by atoms with E-state index in [0.717, 1.165) is 0 Å². The van der Waals surface area contributed by atoms with Crippen molar-refractivity contribution in [3.8, 4) is 5.75 Å². The van der Waals surface area contributed by atoms with Crippen molar-refractivity contribution in [1.29, 1.82) is 0 Å². The van der Waals surface area contributed by atoms with E-state index in [-0.39, 0.29) is 0 Å². The minimum absolute atomic E-state index is 0.320. The standard InChI is InChI=1S/C11H12Cl2O3/c1-3-15-11(14)7(2)16-10-5-4-8(12)6-9(10)13/h4-7H,3H2,1-2H3/t7-/m0/s1. The van der Waals surface area contributed by atoms with E-state index in [2.05, 4.69) is 0 Å². The van der Waals surface area contributed by atoms with E-state index >= 15 is 0 Å². The molecule has 0 saturated carbocycles. The molecule has 3 nitrogen and oxygen atoms in total. The molecule has 0 bridgehead atoms. The molecule has 0 fully saturated rings. The summed E-state index contributed by atoms with van der Waals surface area (Å²) < 4.78 is 10.2. The molecule has 0 heterocycles. The Labute approximate surface area is 104 Å². The fourth-order valence-corrected chi connectivity index (χ4v) is 1.52. The Hall–Kier alpha value is -0.930. The van der Waals surface area contributed by atoms with Gasteiger partial charge in [0.15, 0.2) is 6.10 Å². The van der Waals surface area contributed by atoms with Gasteiger partial charge in [-0.3, -0.25) is 0 Å². The van der Waals surface area contributed by atoms with Crippen LogP contribution < -0.4 is 4.74 Å². The van der Waals surface area contributed by atoms with Crippen LogP contribution in [0.25, 0.3) is 0 Å². The van der Waals surface area contributed by atoms with Crippen molar-refractivity contribution < 1.29 is 14.3 Å². The number of rotatable bonds is 4. The zero-order valence-electron chi connectivity index (χ0n) is 9.00. The van der Waals surface area contributed by atoms with Crippen molar-refractivity contribution in [2.75, 3.05) is 6.61 Å². The zero-order chi connectivity index (χ0) is 12.1. The van der Waals surface area contributed by atoms with Gasteiger partial charge in [0.1, 0.15) is 5.75 Å². The third-order valence-electron chi connectivity index (χ3n) is 1.82. The van der Waals surface area contributed by atoms with Crippen LogP contribution in [0.15, 0.2) is 18.2 Å². The Morgan fingerprint density at radius 2 is 2.12 bits per heavy atom. The van der Waals surface area contributed by atoms with Crippen molar-refractivity contribution in [2.45, 2.75) is 20.0 Å². The number of carbonyl (C=O) groups excluding carboxylic acids is 1. The molecular formula is C11H12Cl2O3. The Morgan fingerprint density at radius 1 is 1.44 bits per heavy atom. The summed E-state index contributed by atoms with van der Waals surface area (Å²) in [5, 5.41) is 0.879. The first-order valence-corrected chi connectivity index (χ1v) is 5.58. The van der Waals surface area contributed by atoms with Gasteiger partial charge in [-0.05, 0) is 32.0 Å². The lowest BCUT2D eigenvalue weighted by Crippen LogP contribution is -2.26. The molecule has 1 atom stereocenters. The maximum absolute atomic E-state index is 11.3. The molecule has 1 aromatic carbocycles. The second-order valence-electron chi connectivity index (χ2n) is 3.09. The normalized spacial score (nSPS) is 12.0. The molecule has 0 aliphatic rings. The fraction of sp³-hybridized carbons (Fsp3) is 0.364. The van der Waals surface area contributed by atoms with E-state index in [0.29, 0.717) is 22.4 Å². The van der Waals surface area contributed by atoms with Crippen LogP contribution in [0.1, 0.15) is 13.8 Å². The van der Waals surface area contributed by atoms with Crippen LogP contribution in [-0.2, 0) is 9.53 Å². The van der Waals surface area contributed by atoms with Gasteiger partial charge in [-0.1, -0.05) is 23.2 Å². The van der Waals surface area contributed by atoms with E-state index in [1.165, 1.54) is 0 Å². The summed E-state index contributed by atoms with van der Waals surface area (Å²) in [6.45, 7) is 3.66. The van der Waals surface area contributed by atoms with Gasteiger partial charge in [0.05, 0.1) is 11.6 Å². The summed E-state index contributed by atoms with van der Waals surface area (Å²) in [6, 6.07) is 4.80. The van der Waals surface area contributed by atoms with E-state index in [1.54, 1.807) is 32.0 Å². The van der Waals surface area contributed by atoms with Crippen LogP contribution in [0.5, 0.6) is 5.75 Å². The van der Waals surface area contributed by atoms with Gasteiger partial charge in [-0.2, -0.15) is 0 Å². The number of hydrogen-bond donors (Lipinski definition) is 0. The smallest absolute Gasteiger partial charge is 0.347 e. The van der Waals surface area contributed by atoms with Crippen molar-refractivity contribution >= 4 is 29.2 Å². The lowest BCUT2D eigenvalue weighted by molar-refractivity contribution is -0.150. The minimum atomic E-state index is -0.696. The molecule has 0 aliphatic heterocycles. The van der Waals surface area contributed by atoms with E-state index in [1.807, 2.05) is 0 Å². The minimum Gasteiger partial charge on any atom is -0.477 e. The molecular weight excluding hydrogens is 251 g/mol. The lowest BCUT2D eigenvalue weighted by Gasteiger charge is -2.14. The van der Waals surface area contributed by atoms with Gasteiger partial charge >= 0.3 is 5.97 Å². The number of hydrogen-bond acceptors (Lipinski definition) is 3. The molecule has 0 unspecified atom stereocenters. The fourth-order valence-electron chi connectivity index (χ4n) is 1.07. The first-order chi connectivity index (χ1) is 7.54. The number of halogens is 2. The maximum Gasteiger partial charge on any atom is 0.347 e.